The summed E-state index contributed by atoms with van der Waals surface area (Å²) in [7, 11) is 0. The SMILES string of the molecule is CC(C)(C)OC(=O)N1C2CCCC1CC(O)(CC1OCCO1)C2. The van der Waals surface area contributed by atoms with Gasteiger partial charge in [-0.1, -0.05) is 0 Å². The molecule has 3 fully saturated rings. The second-order valence-corrected chi connectivity index (χ2v) is 8.13. The fraction of sp³-hybridized carbons (Fsp3) is 0.941. The normalized spacial score (nSPS) is 35.4. The van der Waals surface area contributed by atoms with Crippen molar-refractivity contribution >= 4 is 6.09 Å². The van der Waals surface area contributed by atoms with E-state index < -0.39 is 11.2 Å². The highest BCUT2D eigenvalue weighted by molar-refractivity contribution is 5.69. The molecule has 0 aromatic carbocycles. The Morgan fingerprint density at radius 2 is 1.78 bits per heavy atom. The third-order valence-electron chi connectivity index (χ3n) is 4.93. The number of carbonyl (C=O) groups is 1. The zero-order valence-electron chi connectivity index (χ0n) is 14.4. The second-order valence-electron chi connectivity index (χ2n) is 8.13. The number of hydrogen-bond acceptors (Lipinski definition) is 5. The molecule has 3 aliphatic rings. The van der Waals surface area contributed by atoms with Crippen molar-refractivity contribution in [2.75, 3.05) is 13.2 Å². The van der Waals surface area contributed by atoms with Crippen molar-refractivity contribution < 1.29 is 24.1 Å². The van der Waals surface area contributed by atoms with Crippen LogP contribution in [0.15, 0.2) is 0 Å². The lowest BCUT2D eigenvalue weighted by Gasteiger charge is -2.52. The molecule has 3 saturated heterocycles. The van der Waals surface area contributed by atoms with Crippen LogP contribution in [0.25, 0.3) is 0 Å². The second kappa shape index (κ2) is 6.22. The molecule has 0 aromatic rings. The average Bonchev–Trinajstić information content (AvgIpc) is 2.87. The first kappa shape index (κ1) is 17.0. The van der Waals surface area contributed by atoms with Gasteiger partial charge in [-0.25, -0.2) is 4.79 Å². The fourth-order valence-electron chi connectivity index (χ4n) is 4.14. The van der Waals surface area contributed by atoms with Gasteiger partial charge in [0.05, 0.1) is 18.8 Å². The fourth-order valence-corrected chi connectivity index (χ4v) is 4.14. The first-order chi connectivity index (χ1) is 10.8. The largest absolute Gasteiger partial charge is 0.444 e. The minimum absolute atomic E-state index is 0.0451. The Labute approximate surface area is 138 Å². The highest BCUT2D eigenvalue weighted by Gasteiger charge is 2.49. The van der Waals surface area contributed by atoms with Crippen molar-refractivity contribution in [2.24, 2.45) is 0 Å². The van der Waals surface area contributed by atoms with E-state index in [9.17, 15) is 9.90 Å². The quantitative estimate of drug-likeness (QED) is 0.843. The van der Waals surface area contributed by atoms with E-state index in [1.165, 1.54) is 0 Å². The van der Waals surface area contributed by atoms with Crippen LogP contribution in [0.5, 0.6) is 0 Å². The molecule has 3 rings (SSSR count). The molecule has 1 N–H and O–H groups in total. The molecule has 3 aliphatic heterocycles. The number of hydrogen-bond donors (Lipinski definition) is 1. The summed E-state index contributed by atoms with van der Waals surface area (Å²) in [6.07, 6.45) is 4.02. The molecule has 132 valence electrons. The van der Waals surface area contributed by atoms with Crippen molar-refractivity contribution in [3.05, 3.63) is 0 Å². The molecule has 0 aliphatic carbocycles. The highest BCUT2D eigenvalue weighted by atomic mass is 16.7. The lowest BCUT2D eigenvalue weighted by atomic mass is 9.74. The minimum Gasteiger partial charge on any atom is -0.444 e. The van der Waals surface area contributed by atoms with Gasteiger partial charge in [0.2, 0.25) is 0 Å². The van der Waals surface area contributed by atoms with Crippen molar-refractivity contribution in [1.29, 1.82) is 0 Å². The molecular weight excluding hydrogens is 298 g/mol. The van der Waals surface area contributed by atoms with E-state index in [1.54, 1.807) is 0 Å². The number of rotatable bonds is 2. The smallest absolute Gasteiger partial charge is 0.410 e. The maximum atomic E-state index is 12.6. The molecule has 0 radical (unpaired) electrons. The average molecular weight is 327 g/mol. The van der Waals surface area contributed by atoms with E-state index in [4.69, 9.17) is 14.2 Å². The van der Waals surface area contributed by atoms with E-state index in [2.05, 4.69) is 0 Å². The van der Waals surface area contributed by atoms with Crippen molar-refractivity contribution in [3.63, 3.8) is 0 Å². The maximum Gasteiger partial charge on any atom is 0.410 e. The Hall–Kier alpha value is -0.850. The highest BCUT2D eigenvalue weighted by Crippen LogP contribution is 2.42. The Kier molecular flexibility index (Phi) is 4.60. The monoisotopic (exact) mass is 327 g/mol. The van der Waals surface area contributed by atoms with E-state index in [0.29, 0.717) is 32.5 Å². The summed E-state index contributed by atoms with van der Waals surface area (Å²) in [4.78, 5) is 14.4. The standard InChI is InChI=1S/C17H29NO5/c1-16(2,3)23-15(19)18-12-5-4-6-13(18)10-17(20,9-12)11-14-21-7-8-22-14/h12-14,20H,4-11H2,1-3H3. The molecule has 2 unspecified atom stereocenters. The number of amides is 1. The van der Waals surface area contributed by atoms with Crippen molar-refractivity contribution in [1.82, 2.24) is 4.90 Å². The number of carbonyl (C=O) groups excluding carboxylic acids is 1. The van der Waals surface area contributed by atoms with Gasteiger partial charge in [0.1, 0.15) is 5.60 Å². The maximum absolute atomic E-state index is 12.6. The van der Waals surface area contributed by atoms with Crippen LogP contribution in [-0.4, -0.2) is 58.9 Å². The van der Waals surface area contributed by atoms with Gasteiger partial charge < -0.3 is 24.2 Å². The third-order valence-corrected chi connectivity index (χ3v) is 4.93. The van der Waals surface area contributed by atoms with Crippen molar-refractivity contribution in [2.45, 2.75) is 88.9 Å². The van der Waals surface area contributed by atoms with E-state index in [1.807, 2.05) is 25.7 Å². The molecule has 2 bridgehead atoms. The Bertz CT molecular complexity index is 427. The van der Waals surface area contributed by atoms with Gasteiger partial charge in [0.25, 0.3) is 0 Å². The number of fused-ring (bicyclic) bond motifs is 2. The van der Waals surface area contributed by atoms with Crippen molar-refractivity contribution in [3.8, 4) is 0 Å². The summed E-state index contributed by atoms with van der Waals surface area (Å²) in [6.45, 7) is 6.84. The van der Waals surface area contributed by atoms with Gasteiger partial charge >= 0.3 is 6.09 Å². The zero-order valence-corrected chi connectivity index (χ0v) is 14.4. The summed E-state index contributed by atoms with van der Waals surface area (Å²) in [6, 6.07) is 0.0903. The van der Waals surface area contributed by atoms with Gasteiger partial charge in [-0.2, -0.15) is 0 Å². The number of piperidine rings is 2. The third kappa shape index (κ3) is 3.98. The Morgan fingerprint density at radius 3 is 2.30 bits per heavy atom. The number of aliphatic hydroxyl groups is 1. The van der Waals surface area contributed by atoms with Crippen LogP contribution in [0.2, 0.25) is 0 Å². The van der Waals surface area contributed by atoms with Crippen LogP contribution in [0.3, 0.4) is 0 Å². The van der Waals surface area contributed by atoms with Gasteiger partial charge in [0, 0.05) is 18.5 Å². The molecule has 0 saturated carbocycles. The Balaban J connectivity index is 1.68. The van der Waals surface area contributed by atoms with E-state index >= 15 is 0 Å². The summed E-state index contributed by atoms with van der Waals surface area (Å²) in [5, 5.41) is 11.0. The minimum atomic E-state index is -0.816. The van der Waals surface area contributed by atoms with Crippen LogP contribution in [-0.2, 0) is 14.2 Å². The lowest BCUT2D eigenvalue weighted by molar-refractivity contribution is -0.143. The first-order valence-corrected chi connectivity index (χ1v) is 8.73. The summed E-state index contributed by atoms with van der Waals surface area (Å²) in [5.74, 6) is 0. The van der Waals surface area contributed by atoms with Crippen LogP contribution in [0.1, 0.15) is 59.3 Å². The molecule has 6 nitrogen and oxygen atoms in total. The van der Waals surface area contributed by atoms with Crippen LogP contribution < -0.4 is 0 Å². The Morgan fingerprint density at radius 1 is 1.22 bits per heavy atom. The molecule has 3 heterocycles. The number of ether oxygens (including phenoxy) is 3. The van der Waals surface area contributed by atoms with E-state index in [0.717, 1.165) is 19.3 Å². The molecule has 0 aromatic heterocycles. The van der Waals surface area contributed by atoms with E-state index in [-0.39, 0.29) is 24.5 Å². The van der Waals surface area contributed by atoms with Gasteiger partial charge in [-0.3, -0.25) is 0 Å². The van der Waals surface area contributed by atoms with Gasteiger partial charge in [-0.15, -0.1) is 0 Å². The molecule has 6 heteroatoms. The van der Waals surface area contributed by atoms with Crippen LogP contribution in [0.4, 0.5) is 4.79 Å². The molecule has 0 spiro atoms. The summed E-state index contributed by atoms with van der Waals surface area (Å²) < 4.78 is 16.6. The molecule has 2 atom stereocenters. The lowest BCUT2D eigenvalue weighted by Crippen LogP contribution is -2.61. The predicted octanol–water partition coefficient (Wildman–Crippen LogP) is 2.43. The zero-order chi connectivity index (χ0) is 16.7. The summed E-state index contributed by atoms with van der Waals surface area (Å²) in [5.41, 5.74) is -1.31. The molecular formula is C17H29NO5. The molecule has 23 heavy (non-hydrogen) atoms. The van der Waals surface area contributed by atoms with Gasteiger partial charge in [-0.05, 0) is 52.9 Å². The first-order valence-electron chi connectivity index (χ1n) is 8.73. The van der Waals surface area contributed by atoms with Crippen LogP contribution >= 0.6 is 0 Å². The topological polar surface area (TPSA) is 68.2 Å². The van der Waals surface area contributed by atoms with Gasteiger partial charge in [0.15, 0.2) is 6.29 Å². The predicted molar refractivity (Wildman–Crippen MR) is 84.0 cm³/mol. The number of nitrogens with zero attached hydrogens (tertiary/aromatic N) is 1. The molecule has 1 amide bonds. The summed E-state index contributed by atoms with van der Waals surface area (Å²) >= 11 is 0. The van der Waals surface area contributed by atoms with Crippen LogP contribution in [0, 0.1) is 0 Å².